The summed E-state index contributed by atoms with van der Waals surface area (Å²) in [7, 11) is 1.89. The first kappa shape index (κ1) is 13.7. The summed E-state index contributed by atoms with van der Waals surface area (Å²) in [5, 5.41) is 3.12. The largest absolute Gasteiger partial charge is 0.378 e. The smallest absolute Gasteiger partial charge is 0.144 e. The number of aromatic nitrogens is 2. The molecule has 1 aromatic rings. The highest BCUT2D eigenvalue weighted by molar-refractivity contribution is 9.10. The average Bonchev–Trinajstić information content (AvgIpc) is 2.86. The Morgan fingerprint density at radius 2 is 2.28 bits per heavy atom. The first-order valence-electron chi connectivity index (χ1n) is 6.59. The third-order valence-corrected chi connectivity index (χ3v) is 3.96. The lowest BCUT2D eigenvalue weighted by Gasteiger charge is -2.13. The predicted molar refractivity (Wildman–Crippen MR) is 76.0 cm³/mol. The van der Waals surface area contributed by atoms with E-state index in [1.807, 2.05) is 7.05 Å². The maximum atomic E-state index is 5.65. The summed E-state index contributed by atoms with van der Waals surface area (Å²) in [4.78, 5) is 9.20. The van der Waals surface area contributed by atoms with Gasteiger partial charge in [-0.05, 0) is 35.2 Å². The van der Waals surface area contributed by atoms with Crippen LogP contribution in [0.5, 0.6) is 0 Å². The van der Waals surface area contributed by atoms with Crippen molar-refractivity contribution >= 4 is 21.7 Å². The summed E-state index contributed by atoms with van der Waals surface area (Å²) in [5.74, 6) is 1.76. The maximum Gasteiger partial charge on any atom is 0.144 e. The number of aryl methyl sites for hydroxylation is 1. The molecule has 1 N–H and O–H groups in total. The van der Waals surface area contributed by atoms with Crippen molar-refractivity contribution < 1.29 is 4.74 Å². The van der Waals surface area contributed by atoms with Gasteiger partial charge in [-0.15, -0.1) is 0 Å². The molecule has 1 aromatic heterocycles. The summed E-state index contributed by atoms with van der Waals surface area (Å²) >= 11 is 3.57. The van der Waals surface area contributed by atoms with E-state index in [4.69, 9.17) is 4.74 Å². The Balaban J connectivity index is 2.20. The molecule has 1 aliphatic heterocycles. The molecule has 0 spiro atoms. The average molecular weight is 314 g/mol. The Labute approximate surface area is 117 Å². The predicted octanol–water partition coefficient (Wildman–Crippen LogP) is 2.95. The van der Waals surface area contributed by atoms with E-state index in [9.17, 15) is 0 Å². The number of rotatable bonds is 5. The van der Waals surface area contributed by atoms with E-state index in [1.54, 1.807) is 0 Å². The number of hydrogen-bond donors (Lipinski definition) is 1. The SMILES string of the molecule is CCCc1nc(CC2CCCO2)nc(NC)c1Br. The Morgan fingerprint density at radius 3 is 2.89 bits per heavy atom. The van der Waals surface area contributed by atoms with Crippen molar-refractivity contribution in [1.29, 1.82) is 0 Å². The molecule has 4 nitrogen and oxygen atoms in total. The molecular weight excluding hydrogens is 294 g/mol. The Bertz CT molecular complexity index is 405. The van der Waals surface area contributed by atoms with Crippen LogP contribution in [0.15, 0.2) is 4.47 Å². The molecule has 1 saturated heterocycles. The quantitative estimate of drug-likeness (QED) is 0.908. The third kappa shape index (κ3) is 3.20. The van der Waals surface area contributed by atoms with Crippen LogP contribution < -0.4 is 5.32 Å². The fourth-order valence-electron chi connectivity index (χ4n) is 2.21. The first-order chi connectivity index (χ1) is 8.74. The van der Waals surface area contributed by atoms with E-state index in [-0.39, 0.29) is 0 Å². The molecule has 100 valence electrons. The first-order valence-corrected chi connectivity index (χ1v) is 7.38. The molecule has 0 amide bonds. The zero-order valence-corrected chi connectivity index (χ0v) is 12.6. The van der Waals surface area contributed by atoms with Gasteiger partial charge in [-0.3, -0.25) is 0 Å². The molecule has 18 heavy (non-hydrogen) atoms. The van der Waals surface area contributed by atoms with Crippen molar-refractivity contribution in [3.63, 3.8) is 0 Å². The van der Waals surface area contributed by atoms with E-state index >= 15 is 0 Å². The van der Waals surface area contributed by atoms with Crippen LogP contribution in [0.1, 0.15) is 37.7 Å². The van der Waals surface area contributed by atoms with Crippen molar-refractivity contribution in [2.24, 2.45) is 0 Å². The molecule has 2 heterocycles. The van der Waals surface area contributed by atoms with Crippen molar-refractivity contribution in [3.8, 4) is 0 Å². The summed E-state index contributed by atoms with van der Waals surface area (Å²) in [6.07, 6.45) is 5.44. The van der Waals surface area contributed by atoms with Gasteiger partial charge in [0.15, 0.2) is 0 Å². The standard InChI is InChI=1S/C13H20BrN3O/c1-3-5-10-12(14)13(15-2)17-11(16-10)8-9-6-4-7-18-9/h9H,3-8H2,1-2H3,(H,15,16,17). The highest BCUT2D eigenvalue weighted by Gasteiger charge is 2.19. The highest BCUT2D eigenvalue weighted by Crippen LogP contribution is 2.25. The van der Waals surface area contributed by atoms with Crippen LogP contribution in [0.25, 0.3) is 0 Å². The van der Waals surface area contributed by atoms with Crippen LogP contribution in [0.3, 0.4) is 0 Å². The van der Waals surface area contributed by atoms with Gasteiger partial charge in [-0.25, -0.2) is 9.97 Å². The van der Waals surface area contributed by atoms with E-state index in [2.05, 4.69) is 38.1 Å². The highest BCUT2D eigenvalue weighted by atomic mass is 79.9. The lowest BCUT2D eigenvalue weighted by atomic mass is 10.1. The van der Waals surface area contributed by atoms with Gasteiger partial charge in [0.25, 0.3) is 0 Å². The normalized spacial score (nSPS) is 19.2. The van der Waals surface area contributed by atoms with Gasteiger partial charge in [0, 0.05) is 20.1 Å². The van der Waals surface area contributed by atoms with Crippen LogP contribution >= 0.6 is 15.9 Å². The van der Waals surface area contributed by atoms with Gasteiger partial charge in [0.05, 0.1) is 16.3 Å². The van der Waals surface area contributed by atoms with Crippen LogP contribution in [0, 0.1) is 0 Å². The minimum atomic E-state index is 0.297. The number of anilines is 1. The second-order valence-corrected chi connectivity index (χ2v) is 5.38. The summed E-state index contributed by atoms with van der Waals surface area (Å²) in [5.41, 5.74) is 1.09. The Morgan fingerprint density at radius 1 is 1.44 bits per heavy atom. The molecule has 0 saturated carbocycles. The van der Waals surface area contributed by atoms with Gasteiger partial charge in [-0.2, -0.15) is 0 Å². The maximum absolute atomic E-state index is 5.65. The number of nitrogens with one attached hydrogen (secondary N) is 1. The van der Waals surface area contributed by atoms with Crippen LogP contribution in [0.4, 0.5) is 5.82 Å². The molecule has 0 aromatic carbocycles. The molecule has 0 bridgehead atoms. The van der Waals surface area contributed by atoms with Crippen molar-refractivity contribution in [2.75, 3.05) is 19.0 Å². The van der Waals surface area contributed by atoms with E-state index in [1.165, 1.54) is 0 Å². The summed E-state index contributed by atoms with van der Waals surface area (Å²) < 4.78 is 6.64. The van der Waals surface area contributed by atoms with Crippen molar-refractivity contribution in [3.05, 3.63) is 16.0 Å². The third-order valence-electron chi connectivity index (χ3n) is 3.12. The minimum absolute atomic E-state index is 0.297. The number of halogens is 1. The van der Waals surface area contributed by atoms with Gasteiger partial charge in [-0.1, -0.05) is 13.3 Å². The number of ether oxygens (including phenoxy) is 1. The molecule has 1 aliphatic rings. The van der Waals surface area contributed by atoms with E-state index in [0.29, 0.717) is 6.10 Å². The van der Waals surface area contributed by atoms with E-state index < -0.39 is 0 Å². The summed E-state index contributed by atoms with van der Waals surface area (Å²) in [6.45, 7) is 3.04. The summed E-state index contributed by atoms with van der Waals surface area (Å²) in [6, 6.07) is 0. The molecular formula is C13H20BrN3O. The molecule has 0 radical (unpaired) electrons. The zero-order valence-electron chi connectivity index (χ0n) is 11.0. The van der Waals surface area contributed by atoms with Crippen molar-refractivity contribution in [1.82, 2.24) is 9.97 Å². The van der Waals surface area contributed by atoms with Crippen LogP contribution in [-0.4, -0.2) is 29.7 Å². The number of hydrogen-bond acceptors (Lipinski definition) is 4. The lowest BCUT2D eigenvalue weighted by Crippen LogP contribution is -2.14. The van der Waals surface area contributed by atoms with E-state index in [0.717, 1.165) is 60.5 Å². The minimum Gasteiger partial charge on any atom is -0.378 e. The van der Waals surface area contributed by atoms with Gasteiger partial charge in [0.2, 0.25) is 0 Å². The monoisotopic (exact) mass is 313 g/mol. The second-order valence-electron chi connectivity index (χ2n) is 4.59. The fourth-order valence-corrected chi connectivity index (χ4v) is 2.79. The molecule has 1 fully saturated rings. The fraction of sp³-hybridized carbons (Fsp3) is 0.692. The van der Waals surface area contributed by atoms with Gasteiger partial charge in [0.1, 0.15) is 11.6 Å². The Hall–Kier alpha value is -0.680. The molecule has 5 heteroatoms. The van der Waals surface area contributed by atoms with Crippen LogP contribution in [0.2, 0.25) is 0 Å². The number of nitrogens with zero attached hydrogens (tertiary/aromatic N) is 2. The van der Waals surface area contributed by atoms with Gasteiger partial charge >= 0.3 is 0 Å². The zero-order chi connectivity index (χ0) is 13.0. The molecule has 2 rings (SSSR count). The molecule has 0 aliphatic carbocycles. The van der Waals surface area contributed by atoms with Crippen LogP contribution in [-0.2, 0) is 17.6 Å². The van der Waals surface area contributed by atoms with Crippen molar-refractivity contribution in [2.45, 2.75) is 45.1 Å². The topological polar surface area (TPSA) is 47.0 Å². The lowest BCUT2D eigenvalue weighted by molar-refractivity contribution is 0.110. The Kier molecular flexibility index (Phi) is 4.95. The molecule has 1 atom stereocenters. The van der Waals surface area contributed by atoms with Gasteiger partial charge < -0.3 is 10.1 Å². The molecule has 1 unspecified atom stereocenters. The second kappa shape index (κ2) is 6.48.